The molecule has 4 heterocycles. The number of fused-ring (bicyclic) bond motifs is 2. The summed E-state index contributed by atoms with van der Waals surface area (Å²) in [5.74, 6) is -2.01. The minimum atomic E-state index is -1.24. The minimum Gasteiger partial charge on any atom is -0.396 e. The lowest BCUT2D eigenvalue weighted by Gasteiger charge is -2.35. The third-order valence-corrected chi connectivity index (χ3v) is 9.42. The lowest BCUT2D eigenvalue weighted by molar-refractivity contribution is -0.144. The molecule has 5 atom stereocenters. The first kappa shape index (κ1) is 29.3. The average molecular weight is 584 g/mol. The monoisotopic (exact) mass is 583 g/mol. The van der Waals surface area contributed by atoms with Crippen LogP contribution in [0.5, 0.6) is 0 Å². The van der Waals surface area contributed by atoms with Gasteiger partial charge in [-0.25, -0.2) is 0 Å². The van der Waals surface area contributed by atoms with Crippen LogP contribution in [-0.2, 0) is 25.7 Å². The second-order valence-electron chi connectivity index (χ2n) is 12.3. The molecule has 6 rings (SSSR count). The molecule has 3 amide bonds. The smallest absolute Gasteiger partial charge is 0.253 e. The first-order valence-electron chi connectivity index (χ1n) is 15.5. The van der Waals surface area contributed by atoms with E-state index in [1.807, 2.05) is 86.7 Å². The van der Waals surface area contributed by atoms with Crippen LogP contribution in [-0.4, -0.2) is 76.6 Å². The Labute approximate surface area is 253 Å². The number of unbranched alkanes of at least 4 members (excludes halogenated alkanes) is 3. The number of aliphatic hydroxyl groups is 1. The van der Waals surface area contributed by atoms with Gasteiger partial charge in [-0.05, 0) is 49.4 Å². The van der Waals surface area contributed by atoms with E-state index in [1.54, 1.807) is 14.7 Å². The zero-order valence-corrected chi connectivity index (χ0v) is 25.0. The fraction of sp³-hybridized carbons (Fsp3) is 0.457. The molecule has 2 aromatic rings. The molecule has 2 saturated heterocycles. The van der Waals surface area contributed by atoms with Gasteiger partial charge < -0.3 is 24.5 Å². The lowest BCUT2D eigenvalue weighted by atomic mass is 9.77. The molecule has 0 saturated carbocycles. The summed E-state index contributed by atoms with van der Waals surface area (Å²) in [7, 11) is 0. The Hall–Kier alpha value is -3.75. The second kappa shape index (κ2) is 12.1. The van der Waals surface area contributed by atoms with Crippen molar-refractivity contribution in [3.63, 3.8) is 0 Å². The van der Waals surface area contributed by atoms with Gasteiger partial charge in [0.05, 0.1) is 17.9 Å². The van der Waals surface area contributed by atoms with Crippen molar-refractivity contribution in [2.24, 2.45) is 11.8 Å². The van der Waals surface area contributed by atoms with Gasteiger partial charge in [0.25, 0.3) is 5.91 Å². The zero-order valence-electron chi connectivity index (χ0n) is 25.0. The number of carbonyl (C=O) groups excluding carboxylic acids is 3. The highest BCUT2D eigenvalue weighted by molar-refractivity contribution is 6.06. The molecule has 8 nitrogen and oxygen atoms in total. The Morgan fingerprint density at radius 3 is 2.49 bits per heavy atom. The second-order valence-corrected chi connectivity index (χ2v) is 12.3. The highest BCUT2D eigenvalue weighted by Crippen LogP contribution is 2.53. The lowest BCUT2D eigenvalue weighted by Crippen LogP contribution is -2.55. The highest BCUT2D eigenvalue weighted by Gasteiger charge is 2.71. The van der Waals surface area contributed by atoms with Crippen LogP contribution in [0.2, 0.25) is 0 Å². The fourth-order valence-electron chi connectivity index (χ4n) is 7.35. The van der Waals surface area contributed by atoms with E-state index in [0.29, 0.717) is 39.0 Å². The number of hydrogen-bond donors (Lipinski definition) is 1. The van der Waals surface area contributed by atoms with Gasteiger partial charge in [-0.1, -0.05) is 79.6 Å². The SMILES string of the molecule is Cc1ccc(C)c(N2CC=C[C@]34O[C@@H]5C=CCN(Cc6ccccc6)C(=O)[C@@H]5[C@H]3C(=O)N(CCCCCCO)C4C2=O)c1. The van der Waals surface area contributed by atoms with E-state index in [2.05, 4.69) is 0 Å². The van der Waals surface area contributed by atoms with Crippen molar-refractivity contribution in [3.8, 4) is 0 Å². The number of carbonyl (C=O) groups is 3. The molecule has 226 valence electrons. The van der Waals surface area contributed by atoms with Crippen LogP contribution in [0.3, 0.4) is 0 Å². The van der Waals surface area contributed by atoms with E-state index < -0.39 is 29.6 Å². The number of hydrogen-bond acceptors (Lipinski definition) is 5. The number of benzene rings is 2. The summed E-state index contributed by atoms with van der Waals surface area (Å²) in [6.07, 6.45) is 10.2. The quantitative estimate of drug-likeness (QED) is 0.357. The van der Waals surface area contributed by atoms with E-state index in [1.165, 1.54) is 0 Å². The molecule has 1 N–H and O–H groups in total. The molecule has 1 unspecified atom stereocenters. The molecule has 2 aromatic carbocycles. The predicted octanol–water partition coefficient (Wildman–Crippen LogP) is 3.94. The van der Waals surface area contributed by atoms with E-state index in [4.69, 9.17) is 4.74 Å². The Morgan fingerprint density at radius 1 is 0.907 bits per heavy atom. The van der Waals surface area contributed by atoms with Crippen LogP contribution in [0.4, 0.5) is 5.69 Å². The maximum atomic E-state index is 14.6. The van der Waals surface area contributed by atoms with E-state index in [-0.39, 0.29) is 24.3 Å². The molecule has 0 bridgehead atoms. The number of aryl methyl sites for hydroxylation is 2. The van der Waals surface area contributed by atoms with Crippen LogP contribution >= 0.6 is 0 Å². The molecule has 2 fully saturated rings. The Kier molecular flexibility index (Phi) is 8.25. The summed E-state index contributed by atoms with van der Waals surface area (Å²) in [6, 6.07) is 15.0. The number of nitrogens with zero attached hydrogens (tertiary/aromatic N) is 3. The predicted molar refractivity (Wildman–Crippen MR) is 164 cm³/mol. The number of likely N-dealkylation sites (tertiary alicyclic amines) is 1. The highest BCUT2D eigenvalue weighted by atomic mass is 16.5. The first-order valence-corrected chi connectivity index (χ1v) is 15.5. The Balaban J connectivity index is 1.37. The largest absolute Gasteiger partial charge is 0.396 e. The van der Waals surface area contributed by atoms with Gasteiger partial charge in [0, 0.05) is 38.5 Å². The maximum absolute atomic E-state index is 14.6. The van der Waals surface area contributed by atoms with Gasteiger partial charge in [-0.15, -0.1) is 0 Å². The van der Waals surface area contributed by atoms with Crippen molar-refractivity contribution in [1.82, 2.24) is 9.80 Å². The number of anilines is 1. The summed E-state index contributed by atoms with van der Waals surface area (Å²) < 4.78 is 6.80. The van der Waals surface area contributed by atoms with Crippen LogP contribution < -0.4 is 4.90 Å². The van der Waals surface area contributed by atoms with Crippen molar-refractivity contribution in [1.29, 1.82) is 0 Å². The summed E-state index contributed by atoms with van der Waals surface area (Å²) in [4.78, 5) is 48.6. The number of aliphatic hydroxyl groups excluding tert-OH is 1. The molecule has 4 aliphatic heterocycles. The van der Waals surface area contributed by atoms with Crippen molar-refractivity contribution in [3.05, 3.63) is 89.5 Å². The number of rotatable bonds is 9. The van der Waals surface area contributed by atoms with Gasteiger partial charge in [-0.3, -0.25) is 14.4 Å². The Bertz CT molecular complexity index is 1440. The molecular weight excluding hydrogens is 542 g/mol. The van der Waals surface area contributed by atoms with Crippen molar-refractivity contribution < 1.29 is 24.2 Å². The van der Waals surface area contributed by atoms with Gasteiger partial charge >= 0.3 is 0 Å². The zero-order chi connectivity index (χ0) is 30.1. The molecule has 0 aliphatic carbocycles. The third kappa shape index (κ3) is 5.21. The van der Waals surface area contributed by atoms with Crippen LogP contribution in [0.25, 0.3) is 0 Å². The van der Waals surface area contributed by atoms with E-state index in [0.717, 1.165) is 35.2 Å². The minimum absolute atomic E-state index is 0.117. The number of ether oxygens (including phenoxy) is 1. The average Bonchev–Trinajstić information content (AvgIpc) is 3.32. The van der Waals surface area contributed by atoms with Crippen molar-refractivity contribution >= 4 is 23.4 Å². The summed E-state index contributed by atoms with van der Waals surface area (Å²) >= 11 is 0. The first-order chi connectivity index (χ1) is 20.9. The molecule has 43 heavy (non-hydrogen) atoms. The topological polar surface area (TPSA) is 90.4 Å². The fourth-order valence-corrected chi connectivity index (χ4v) is 7.35. The van der Waals surface area contributed by atoms with Gasteiger partial charge in [0.15, 0.2) is 0 Å². The molecule has 1 spiro atoms. The van der Waals surface area contributed by atoms with Gasteiger partial charge in [0.2, 0.25) is 11.8 Å². The van der Waals surface area contributed by atoms with Crippen LogP contribution in [0, 0.1) is 25.7 Å². The van der Waals surface area contributed by atoms with E-state index in [9.17, 15) is 19.5 Å². The summed E-state index contributed by atoms with van der Waals surface area (Å²) in [5, 5.41) is 9.22. The van der Waals surface area contributed by atoms with Crippen molar-refractivity contribution in [2.45, 2.75) is 63.8 Å². The normalized spacial score (nSPS) is 28.2. The molecule has 0 aromatic heterocycles. The van der Waals surface area contributed by atoms with Crippen molar-refractivity contribution in [2.75, 3.05) is 31.1 Å². The third-order valence-electron chi connectivity index (χ3n) is 9.42. The Morgan fingerprint density at radius 2 is 1.70 bits per heavy atom. The van der Waals surface area contributed by atoms with E-state index >= 15 is 0 Å². The number of amides is 3. The summed E-state index contributed by atoms with van der Waals surface area (Å²) in [6.45, 7) is 5.75. The maximum Gasteiger partial charge on any atom is 0.253 e. The molecule has 0 radical (unpaired) electrons. The standard InChI is InChI=1S/C35H41N3O5/c1-24-15-16-25(2)27(22-24)37-20-11-17-35-30(33(41)38(31(35)34(37)42)19-8-3-4-9-21-39)29-28(43-35)14-10-18-36(32(29)40)23-26-12-6-5-7-13-26/h5-7,10-17,22,28-31,39H,3-4,8-9,18-21,23H2,1-2H3/t28-,29+,30+,31?,35+/m1/s1. The van der Waals surface area contributed by atoms with Gasteiger partial charge in [0.1, 0.15) is 11.6 Å². The molecular formula is C35H41N3O5. The van der Waals surface area contributed by atoms with Crippen LogP contribution in [0.1, 0.15) is 42.4 Å². The van der Waals surface area contributed by atoms with Crippen LogP contribution in [0.15, 0.2) is 72.8 Å². The molecule has 4 aliphatic rings. The summed E-state index contributed by atoms with van der Waals surface area (Å²) in [5.41, 5.74) is 2.63. The molecule has 8 heteroatoms. The van der Waals surface area contributed by atoms with Gasteiger partial charge in [-0.2, -0.15) is 0 Å².